The first-order valence-corrected chi connectivity index (χ1v) is 18.5. The highest BCUT2D eigenvalue weighted by Crippen LogP contribution is 2.45. The van der Waals surface area contributed by atoms with Crippen molar-refractivity contribution in [1.82, 2.24) is 0 Å². The first-order valence-electron chi connectivity index (χ1n) is 18.5. The highest BCUT2D eigenvalue weighted by Gasteiger charge is 2.21. The normalized spacial score (nSPS) is 11.7. The average Bonchev–Trinajstić information content (AvgIpc) is 3.63. The minimum Gasteiger partial charge on any atom is -0.454 e. The zero-order valence-electron chi connectivity index (χ0n) is 29.4. The van der Waals surface area contributed by atoms with Crippen molar-refractivity contribution in [3.63, 3.8) is 0 Å². The molecule has 11 rings (SSSR count). The van der Waals surface area contributed by atoms with Crippen LogP contribution in [0.15, 0.2) is 205 Å². The van der Waals surface area contributed by atoms with Gasteiger partial charge in [-0.1, -0.05) is 152 Å². The SMILES string of the molecule is c1ccc(-c2ccc3oc4c(N(c5ccc(-c6cc7ccccc7c7ccccc67)cc5)c5ccc6ccc7ccccc7c6c5)cccc4c3c2)cc1. The van der Waals surface area contributed by atoms with E-state index in [2.05, 4.69) is 205 Å². The maximum Gasteiger partial charge on any atom is 0.159 e. The monoisotopic (exact) mass is 687 g/mol. The van der Waals surface area contributed by atoms with Gasteiger partial charge < -0.3 is 9.32 Å². The number of benzene rings is 10. The van der Waals surface area contributed by atoms with Gasteiger partial charge in [0.2, 0.25) is 0 Å². The maximum absolute atomic E-state index is 6.80. The number of fused-ring (bicyclic) bond motifs is 9. The van der Waals surface area contributed by atoms with Crippen molar-refractivity contribution < 1.29 is 4.42 Å². The Labute approximate surface area is 312 Å². The average molecular weight is 688 g/mol. The molecule has 0 radical (unpaired) electrons. The summed E-state index contributed by atoms with van der Waals surface area (Å²) >= 11 is 0. The van der Waals surface area contributed by atoms with Gasteiger partial charge in [0, 0.05) is 22.1 Å². The third kappa shape index (κ3) is 4.88. The molecule has 0 aliphatic rings. The fourth-order valence-electron chi connectivity index (χ4n) is 8.41. The Kier molecular flexibility index (Phi) is 6.90. The fourth-order valence-corrected chi connectivity index (χ4v) is 8.41. The second-order valence-electron chi connectivity index (χ2n) is 14.1. The number of hydrogen-bond acceptors (Lipinski definition) is 2. The van der Waals surface area contributed by atoms with Crippen LogP contribution >= 0.6 is 0 Å². The predicted molar refractivity (Wildman–Crippen MR) is 229 cm³/mol. The van der Waals surface area contributed by atoms with Gasteiger partial charge in [-0.3, -0.25) is 0 Å². The fraction of sp³-hybridized carbons (Fsp3) is 0. The third-order valence-electron chi connectivity index (χ3n) is 11.0. The van der Waals surface area contributed by atoms with Crippen LogP contribution in [0.5, 0.6) is 0 Å². The molecule has 11 aromatic rings. The highest BCUT2D eigenvalue weighted by molar-refractivity contribution is 6.15. The standard InChI is InChI=1S/C52H33NO/c1-2-11-34(12-3-1)38-26-30-51-49(31-38)46-19-10-20-50(52(46)54-51)53(41-29-25-36-22-21-35-13-4-6-15-42(35)48(36)33-41)40-27-23-37(24-28-40)47-32-39-14-5-7-16-43(39)44-17-8-9-18-45(44)47/h1-33H. The van der Waals surface area contributed by atoms with E-state index in [9.17, 15) is 0 Å². The predicted octanol–water partition coefficient (Wildman–Crippen LogP) is 15.0. The smallest absolute Gasteiger partial charge is 0.159 e. The molecule has 0 spiro atoms. The largest absolute Gasteiger partial charge is 0.454 e. The van der Waals surface area contributed by atoms with Gasteiger partial charge in [-0.15, -0.1) is 0 Å². The quantitative estimate of drug-likeness (QED) is 0.168. The van der Waals surface area contributed by atoms with Gasteiger partial charge >= 0.3 is 0 Å². The molecule has 2 heteroatoms. The summed E-state index contributed by atoms with van der Waals surface area (Å²) in [5.74, 6) is 0. The van der Waals surface area contributed by atoms with Gasteiger partial charge in [0.25, 0.3) is 0 Å². The van der Waals surface area contributed by atoms with Crippen molar-refractivity contribution in [1.29, 1.82) is 0 Å². The molecular formula is C52H33NO. The molecule has 0 unspecified atom stereocenters. The summed E-state index contributed by atoms with van der Waals surface area (Å²) in [7, 11) is 0. The van der Waals surface area contributed by atoms with E-state index in [1.165, 1.54) is 65.3 Å². The minimum absolute atomic E-state index is 0.861. The lowest BCUT2D eigenvalue weighted by atomic mass is 9.93. The van der Waals surface area contributed by atoms with E-state index in [-0.39, 0.29) is 0 Å². The molecule has 0 amide bonds. The van der Waals surface area contributed by atoms with Crippen LogP contribution in [0.2, 0.25) is 0 Å². The maximum atomic E-state index is 6.80. The molecule has 1 aromatic heterocycles. The lowest BCUT2D eigenvalue weighted by molar-refractivity contribution is 0.669. The van der Waals surface area contributed by atoms with Crippen LogP contribution in [0, 0.1) is 0 Å². The Morgan fingerprint density at radius 2 is 0.926 bits per heavy atom. The van der Waals surface area contributed by atoms with Crippen molar-refractivity contribution in [2.24, 2.45) is 0 Å². The van der Waals surface area contributed by atoms with E-state index >= 15 is 0 Å². The molecule has 2 nitrogen and oxygen atoms in total. The summed E-state index contributed by atoms with van der Waals surface area (Å²) in [6.07, 6.45) is 0. The molecular weight excluding hydrogens is 655 g/mol. The number of nitrogens with zero attached hydrogens (tertiary/aromatic N) is 1. The lowest BCUT2D eigenvalue weighted by Gasteiger charge is -2.26. The van der Waals surface area contributed by atoms with E-state index in [1.807, 2.05) is 0 Å². The Morgan fingerprint density at radius 1 is 0.315 bits per heavy atom. The van der Waals surface area contributed by atoms with E-state index < -0.39 is 0 Å². The van der Waals surface area contributed by atoms with Gasteiger partial charge in [0.15, 0.2) is 5.58 Å². The van der Waals surface area contributed by atoms with Gasteiger partial charge in [-0.25, -0.2) is 0 Å². The van der Waals surface area contributed by atoms with E-state index in [0.29, 0.717) is 0 Å². The van der Waals surface area contributed by atoms with Crippen LogP contribution in [0.4, 0.5) is 17.1 Å². The minimum atomic E-state index is 0.861. The van der Waals surface area contributed by atoms with Crippen molar-refractivity contribution in [2.75, 3.05) is 4.90 Å². The Hall–Kier alpha value is -7.16. The van der Waals surface area contributed by atoms with Crippen molar-refractivity contribution in [3.8, 4) is 22.3 Å². The molecule has 1 heterocycles. The summed E-state index contributed by atoms with van der Waals surface area (Å²) in [5, 5.41) is 12.2. The number of rotatable bonds is 5. The molecule has 252 valence electrons. The van der Waals surface area contributed by atoms with Gasteiger partial charge in [0.05, 0.1) is 5.69 Å². The zero-order chi connectivity index (χ0) is 35.6. The summed E-state index contributed by atoms with van der Waals surface area (Å²) < 4.78 is 6.80. The molecule has 54 heavy (non-hydrogen) atoms. The molecule has 0 saturated carbocycles. The third-order valence-corrected chi connectivity index (χ3v) is 11.0. The number of hydrogen-bond donors (Lipinski definition) is 0. The van der Waals surface area contributed by atoms with Crippen LogP contribution in [0.25, 0.3) is 87.3 Å². The molecule has 0 aliphatic heterocycles. The second kappa shape index (κ2) is 12.2. The second-order valence-corrected chi connectivity index (χ2v) is 14.1. The molecule has 0 fully saturated rings. The number of furan rings is 1. The van der Waals surface area contributed by atoms with Crippen LogP contribution in [-0.2, 0) is 0 Å². The molecule has 10 aromatic carbocycles. The Bertz CT molecular complexity index is 3210. The molecule has 0 N–H and O–H groups in total. The van der Waals surface area contributed by atoms with E-state index in [4.69, 9.17) is 4.42 Å². The van der Waals surface area contributed by atoms with E-state index in [1.54, 1.807) is 0 Å². The van der Waals surface area contributed by atoms with Gasteiger partial charge in [-0.05, 0) is 114 Å². The van der Waals surface area contributed by atoms with Crippen LogP contribution < -0.4 is 4.90 Å². The van der Waals surface area contributed by atoms with Crippen molar-refractivity contribution in [3.05, 3.63) is 200 Å². The molecule has 0 aliphatic carbocycles. The first-order chi connectivity index (χ1) is 26.8. The Morgan fingerprint density at radius 3 is 1.74 bits per heavy atom. The van der Waals surface area contributed by atoms with E-state index in [0.717, 1.165) is 39.0 Å². The topological polar surface area (TPSA) is 16.4 Å². The Balaban J connectivity index is 1.12. The summed E-state index contributed by atoms with van der Waals surface area (Å²) in [6, 6.07) is 72.2. The molecule has 0 bridgehead atoms. The van der Waals surface area contributed by atoms with Gasteiger partial charge in [-0.2, -0.15) is 0 Å². The lowest BCUT2D eigenvalue weighted by Crippen LogP contribution is -2.10. The summed E-state index contributed by atoms with van der Waals surface area (Å²) in [4.78, 5) is 2.35. The van der Waals surface area contributed by atoms with Crippen LogP contribution in [0.1, 0.15) is 0 Å². The van der Waals surface area contributed by atoms with Crippen molar-refractivity contribution in [2.45, 2.75) is 0 Å². The summed E-state index contributed by atoms with van der Waals surface area (Å²) in [5.41, 5.74) is 9.63. The van der Waals surface area contributed by atoms with Crippen LogP contribution in [0.3, 0.4) is 0 Å². The van der Waals surface area contributed by atoms with Gasteiger partial charge in [0.1, 0.15) is 5.58 Å². The molecule has 0 saturated heterocycles. The molecule has 0 atom stereocenters. The zero-order valence-corrected chi connectivity index (χ0v) is 29.4. The number of anilines is 3. The summed E-state index contributed by atoms with van der Waals surface area (Å²) in [6.45, 7) is 0. The van der Waals surface area contributed by atoms with Crippen LogP contribution in [-0.4, -0.2) is 0 Å². The van der Waals surface area contributed by atoms with Crippen molar-refractivity contribution >= 4 is 82.1 Å². The number of para-hydroxylation sites is 1. The highest BCUT2D eigenvalue weighted by atomic mass is 16.3. The first kappa shape index (κ1) is 30.5.